The average Bonchev–Trinajstić information content (AvgIpc) is 2.72. The molecule has 6 heteroatoms. The summed E-state index contributed by atoms with van der Waals surface area (Å²) in [6.45, 7) is 6.59. The maximum absolute atomic E-state index is 13.3. The normalized spacial score (nSPS) is 23.2. The van der Waals surface area contributed by atoms with Crippen LogP contribution in [0, 0.1) is 25.1 Å². The molecule has 1 N–H and O–H groups in total. The summed E-state index contributed by atoms with van der Waals surface area (Å²) in [4.78, 5) is 27.3. The molecule has 2 aliphatic rings. The smallest absolute Gasteiger partial charge is 0.251 e. The van der Waals surface area contributed by atoms with E-state index in [2.05, 4.69) is 0 Å². The number of methoxy groups -OCH3 is 1. The van der Waals surface area contributed by atoms with E-state index in [9.17, 15) is 19.1 Å². The van der Waals surface area contributed by atoms with Gasteiger partial charge in [0.2, 0.25) is 0 Å². The third-order valence-corrected chi connectivity index (χ3v) is 7.07. The number of hydrogen-bond donors (Lipinski definition) is 1. The fraction of sp³-hybridized carbons (Fsp3) is 0.462. The van der Waals surface area contributed by atoms with E-state index in [1.54, 1.807) is 24.0 Å². The highest BCUT2D eigenvalue weighted by atomic mass is 19.1. The molecule has 4 rings (SSSR count). The highest BCUT2D eigenvalue weighted by molar-refractivity contribution is 5.90. The fourth-order valence-electron chi connectivity index (χ4n) is 5.47. The van der Waals surface area contributed by atoms with Gasteiger partial charge in [-0.15, -0.1) is 0 Å². The van der Waals surface area contributed by atoms with Gasteiger partial charge in [0.15, 0.2) is 0 Å². The zero-order valence-electron chi connectivity index (χ0n) is 19.0. The molecule has 3 unspecified atom stereocenters. The molecule has 170 valence electrons. The second kappa shape index (κ2) is 8.41. The molecule has 1 amide bonds. The number of ether oxygens (including phenoxy) is 1. The summed E-state index contributed by atoms with van der Waals surface area (Å²) < 4.78 is 18.4. The lowest BCUT2D eigenvalue weighted by molar-refractivity contribution is -0.162. The molecule has 1 aliphatic heterocycles. The van der Waals surface area contributed by atoms with Crippen LogP contribution in [0.15, 0.2) is 36.4 Å². The van der Waals surface area contributed by atoms with Gasteiger partial charge >= 0.3 is 0 Å². The minimum atomic E-state index is -0.789. The third-order valence-electron chi connectivity index (χ3n) is 7.07. The molecule has 2 aromatic rings. The Bertz CT molecular complexity index is 1020. The van der Waals surface area contributed by atoms with Crippen molar-refractivity contribution in [1.82, 2.24) is 4.90 Å². The molecule has 0 bridgehead atoms. The first-order chi connectivity index (χ1) is 15.1. The van der Waals surface area contributed by atoms with Gasteiger partial charge < -0.3 is 14.7 Å². The summed E-state index contributed by atoms with van der Waals surface area (Å²) in [6.07, 6.45) is -0.442. The molecular formula is C26H30FNO4. The van der Waals surface area contributed by atoms with Crippen molar-refractivity contribution in [3.8, 4) is 11.1 Å². The number of aliphatic hydroxyl groups excluding tert-OH is 1. The van der Waals surface area contributed by atoms with Crippen LogP contribution in [0.3, 0.4) is 0 Å². The summed E-state index contributed by atoms with van der Waals surface area (Å²) in [5, 5.41) is 11.0. The first-order valence-electron chi connectivity index (χ1n) is 11.0. The third kappa shape index (κ3) is 3.97. The van der Waals surface area contributed by atoms with Crippen LogP contribution in [0.2, 0.25) is 0 Å². The predicted octanol–water partition coefficient (Wildman–Crippen LogP) is 3.78. The topological polar surface area (TPSA) is 66.8 Å². The van der Waals surface area contributed by atoms with Gasteiger partial charge in [0.25, 0.3) is 5.91 Å². The number of amides is 1. The molecule has 3 atom stereocenters. The summed E-state index contributed by atoms with van der Waals surface area (Å²) >= 11 is 0. The molecule has 1 spiro atoms. The summed E-state index contributed by atoms with van der Waals surface area (Å²) in [6, 6.07) is 10.3. The number of rotatable bonds is 4. The minimum Gasteiger partial charge on any atom is -0.392 e. The van der Waals surface area contributed by atoms with E-state index >= 15 is 0 Å². The van der Waals surface area contributed by atoms with E-state index < -0.39 is 18.1 Å². The number of aliphatic hydroxyl groups is 1. The van der Waals surface area contributed by atoms with Crippen LogP contribution < -0.4 is 0 Å². The molecule has 0 radical (unpaired) electrons. The van der Waals surface area contributed by atoms with Gasteiger partial charge in [-0.3, -0.25) is 9.59 Å². The quantitative estimate of drug-likeness (QED) is 0.787. The number of benzene rings is 2. The Morgan fingerprint density at radius 1 is 1.16 bits per heavy atom. The van der Waals surface area contributed by atoms with Gasteiger partial charge in [0.05, 0.1) is 12.0 Å². The summed E-state index contributed by atoms with van der Waals surface area (Å²) in [7, 11) is 1.50. The highest BCUT2D eigenvalue weighted by Crippen LogP contribution is 2.48. The standard InChI is InChI=1S/C26H30FNO4/c1-15-9-19(18-5-7-20(27)8-6-18)10-16(2)23(15)24-21(29)11-26(12-22(24)30)13-28(14-26)25(31)17(3)32-4/h5-10,17,21,24,29H,11-14H2,1-4H3. The van der Waals surface area contributed by atoms with E-state index in [1.165, 1.54) is 19.2 Å². The zero-order valence-corrected chi connectivity index (χ0v) is 19.0. The van der Waals surface area contributed by atoms with Crippen LogP contribution >= 0.6 is 0 Å². The van der Waals surface area contributed by atoms with Crippen molar-refractivity contribution < 1.29 is 23.8 Å². The Balaban J connectivity index is 1.54. The second-order valence-electron chi connectivity index (χ2n) is 9.50. The van der Waals surface area contributed by atoms with Gasteiger partial charge in [-0.25, -0.2) is 4.39 Å². The van der Waals surface area contributed by atoms with Crippen molar-refractivity contribution >= 4 is 11.7 Å². The van der Waals surface area contributed by atoms with Crippen molar-refractivity contribution in [1.29, 1.82) is 0 Å². The van der Waals surface area contributed by atoms with Gasteiger partial charge in [0, 0.05) is 32.0 Å². The monoisotopic (exact) mass is 439 g/mol. The van der Waals surface area contributed by atoms with Gasteiger partial charge in [-0.05, 0) is 67.1 Å². The van der Waals surface area contributed by atoms with Crippen LogP contribution in [0.1, 0.15) is 42.4 Å². The molecule has 32 heavy (non-hydrogen) atoms. The van der Waals surface area contributed by atoms with Crippen molar-refractivity contribution in [2.24, 2.45) is 5.41 Å². The number of nitrogens with zero attached hydrogens (tertiary/aromatic N) is 1. The summed E-state index contributed by atoms with van der Waals surface area (Å²) in [5.74, 6) is -0.899. The first-order valence-corrected chi connectivity index (χ1v) is 11.0. The van der Waals surface area contributed by atoms with Crippen LogP contribution in [0.5, 0.6) is 0 Å². The van der Waals surface area contributed by atoms with E-state index in [0.29, 0.717) is 25.9 Å². The Morgan fingerprint density at radius 2 is 1.75 bits per heavy atom. The molecule has 1 saturated heterocycles. The Kier molecular flexibility index (Phi) is 5.94. The van der Waals surface area contributed by atoms with Crippen LogP contribution in [-0.2, 0) is 14.3 Å². The predicted molar refractivity (Wildman–Crippen MR) is 120 cm³/mol. The average molecular weight is 440 g/mol. The molecule has 1 aliphatic carbocycles. The number of halogens is 1. The lowest BCUT2D eigenvalue weighted by Gasteiger charge is -2.54. The SMILES string of the molecule is COC(C)C(=O)N1CC2(CC(=O)C(c3c(C)cc(-c4ccc(F)cc4)cc3C)C(O)C2)C1. The minimum absolute atomic E-state index is 0.0244. The van der Waals surface area contributed by atoms with Gasteiger partial charge in [-0.1, -0.05) is 24.3 Å². The first kappa shape index (κ1) is 22.6. The lowest BCUT2D eigenvalue weighted by atomic mass is 9.62. The highest BCUT2D eigenvalue weighted by Gasteiger charge is 2.53. The van der Waals surface area contributed by atoms with Crippen molar-refractivity contribution in [3.05, 3.63) is 58.9 Å². The van der Waals surface area contributed by atoms with Crippen molar-refractivity contribution in [2.45, 2.75) is 51.7 Å². The molecule has 0 aromatic heterocycles. The number of carbonyl (C=O) groups excluding carboxylic acids is 2. The number of likely N-dealkylation sites (tertiary alicyclic amines) is 1. The number of ketones is 1. The maximum Gasteiger partial charge on any atom is 0.251 e. The molecule has 1 heterocycles. The molecule has 2 fully saturated rings. The second-order valence-corrected chi connectivity index (χ2v) is 9.50. The Morgan fingerprint density at radius 3 is 2.28 bits per heavy atom. The lowest BCUT2D eigenvalue weighted by Crippen LogP contribution is -2.64. The van der Waals surface area contributed by atoms with Gasteiger partial charge in [0.1, 0.15) is 17.7 Å². The fourth-order valence-corrected chi connectivity index (χ4v) is 5.47. The number of aryl methyl sites for hydroxylation is 2. The molecule has 5 nitrogen and oxygen atoms in total. The molecule has 1 saturated carbocycles. The number of hydrogen-bond acceptors (Lipinski definition) is 4. The number of carbonyl (C=O) groups is 2. The van der Waals surface area contributed by atoms with E-state index in [4.69, 9.17) is 4.74 Å². The molecule has 2 aromatic carbocycles. The van der Waals surface area contributed by atoms with Gasteiger partial charge in [-0.2, -0.15) is 0 Å². The zero-order chi connectivity index (χ0) is 23.2. The van der Waals surface area contributed by atoms with E-state index in [1.807, 2.05) is 26.0 Å². The van der Waals surface area contributed by atoms with Crippen LogP contribution in [0.25, 0.3) is 11.1 Å². The van der Waals surface area contributed by atoms with Crippen LogP contribution in [-0.4, -0.2) is 54.1 Å². The van der Waals surface area contributed by atoms with E-state index in [0.717, 1.165) is 27.8 Å². The van der Waals surface area contributed by atoms with Crippen molar-refractivity contribution in [2.75, 3.05) is 20.2 Å². The Hall–Kier alpha value is -2.57. The van der Waals surface area contributed by atoms with Crippen LogP contribution in [0.4, 0.5) is 4.39 Å². The Labute approximate surface area is 188 Å². The largest absolute Gasteiger partial charge is 0.392 e. The van der Waals surface area contributed by atoms with E-state index in [-0.39, 0.29) is 22.9 Å². The number of Topliss-reactive ketones (excluding diaryl/α,β-unsaturated/α-hetero) is 1. The molecular weight excluding hydrogens is 409 g/mol. The maximum atomic E-state index is 13.3. The summed E-state index contributed by atoms with van der Waals surface area (Å²) in [5.41, 5.74) is 4.28. The van der Waals surface area contributed by atoms with Crippen molar-refractivity contribution in [3.63, 3.8) is 0 Å².